The predicted octanol–water partition coefficient (Wildman–Crippen LogP) is 3.09. The van der Waals surface area contributed by atoms with Gasteiger partial charge in [-0.1, -0.05) is 35.9 Å². The zero-order valence-electron chi connectivity index (χ0n) is 10.5. The maximum absolute atomic E-state index is 11.9. The quantitative estimate of drug-likeness (QED) is 0.729. The summed E-state index contributed by atoms with van der Waals surface area (Å²) in [7, 11) is 0. The standard InChI is InChI=1S/C15H19NO/c1-4-13-9-15(17)16(10-13)12(3)14-7-5-11(2)6-8-14/h4-8,12-13H,1,9-10H2,2-3H3. The van der Waals surface area contributed by atoms with Gasteiger partial charge in [-0.25, -0.2) is 0 Å². The van der Waals surface area contributed by atoms with Crippen LogP contribution in [0.2, 0.25) is 0 Å². The fourth-order valence-electron chi connectivity index (χ4n) is 2.32. The van der Waals surface area contributed by atoms with Crippen LogP contribution in [0.3, 0.4) is 0 Å². The number of nitrogens with zero attached hydrogens (tertiary/aromatic N) is 1. The van der Waals surface area contributed by atoms with Gasteiger partial charge in [-0.3, -0.25) is 4.79 Å². The van der Waals surface area contributed by atoms with E-state index in [1.54, 1.807) is 0 Å². The Morgan fingerprint density at radius 2 is 2.06 bits per heavy atom. The molecule has 1 aliphatic rings. The third kappa shape index (κ3) is 2.41. The summed E-state index contributed by atoms with van der Waals surface area (Å²) < 4.78 is 0. The van der Waals surface area contributed by atoms with Crippen molar-refractivity contribution in [3.63, 3.8) is 0 Å². The summed E-state index contributed by atoms with van der Waals surface area (Å²) in [4.78, 5) is 13.9. The highest BCUT2D eigenvalue weighted by Crippen LogP contribution is 2.28. The van der Waals surface area contributed by atoms with Crippen LogP contribution in [0.5, 0.6) is 0 Å². The summed E-state index contributed by atoms with van der Waals surface area (Å²) in [6.45, 7) is 8.74. The number of aryl methyl sites for hydroxylation is 1. The van der Waals surface area contributed by atoms with Crippen molar-refractivity contribution in [2.24, 2.45) is 5.92 Å². The lowest BCUT2D eigenvalue weighted by Crippen LogP contribution is -2.28. The van der Waals surface area contributed by atoms with Crippen LogP contribution in [-0.4, -0.2) is 17.4 Å². The summed E-state index contributed by atoms with van der Waals surface area (Å²) in [6.07, 6.45) is 2.50. The van der Waals surface area contributed by atoms with Gasteiger partial charge in [-0.05, 0) is 19.4 Å². The second kappa shape index (κ2) is 4.74. The number of hydrogen-bond acceptors (Lipinski definition) is 1. The van der Waals surface area contributed by atoms with E-state index in [0.29, 0.717) is 12.3 Å². The third-order valence-corrected chi connectivity index (χ3v) is 3.55. The number of carbonyl (C=O) groups is 1. The highest BCUT2D eigenvalue weighted by molar-refractivity contribution is 5.79. The number of likely N-dealkylation sites (tertiary alicyclic amines) is 1. The molecule has 1 fully saturated rings. The largest absolute Gasteiger partial charge is 0.335 e. The summed E-state index contributed by atoms with van der Waals surface area (Å²) >= 11 is 0. The summed E-state index contributed by atoms with van der Waals surface area (Å²) in [5.41, 5.74) is 2.45. The van der Waals surface area contributed by atoms with E-state index in [0.717, 1.165) is 6.54 Å². The molecule has 90 valence electrons. The molecule has 1 aromatic carbocycles. The number of rotatable bonds is 3. The molecular formula is C15H19NO. The Bertz CT molecular complexity index is 421. The number of amides is 1. The van der Waals surface area contributed by atoms with E-state index in [1.807, 2.05) is 11.0 Å². The molecule has 0 saturated carbocycles. The molecule has 0 aromatic heterocycles. The molecule has 2 heteroatoms. The Balaban J connectivity index is 2.15. The van der Waals surface area contributed by atoms with E-state index >= 15 is 0 Å². The second-order valence-corrected chi connectivity index (χ2v) is 4.83. The number of carbonyl (C=O) groups excluding carboxylic acids is 1. The van der Waals surface area contributed by atoms with Gasteiger partial charge in [0.05, 0.1) is 6.04 Å². The van der Waals surface area contributed by atoms with Gasteiger partial charge in [0.25, 0.3) is 0 Å². The average molecular weight is 229 g/mol. The zero-order valence-corrected chi connectivity index (χ0v) is 10.5. The number of benzene rings is 1. The lowest BCUT2D eigenvalue weighted by molar-refractivity contribution is -0.129. The Morgan fingerprint density at radius 3 is 2.59 bits per heavy atom. The first-order valence-electron chi connectivity index (χ1n) is 6.10. The monoisotopic (exact) mass is 229 g/mol. The predicted molar refractivity (Wildman–Crippen MR) is 69.6 cm³/mol. The van der Waals surface area contributed by atoms with Crippen molar-refractivity contribution in [1.82, 2.24) is 4.90 Å². The van der Waals surface area contributed by atoms with Gasteiger partial charge in [0.2, 0.25) is 5.91 Å². The third-order valence-electron chi connectivity index (χ3n) is 3.55. The van der Waals surface area contributed by atoms with E-state index in [9.17, 15) is 4.79 Å². The molecule has 0 spiro atoms. The maximum atomic E-state index is 11.9. The first kappa shape index (κ1) is 11.9. The number of hydrogen-bond donors (Lipinski definition) is 0. The molecule has 0 aliphatic carbocycles. The molecular weight excluding hydrogens is 210 g/mol. The van der Waals surface area contributed by atoms with Crippen LogP contribution in [0.4, 0.5) is 0 Å². The first-order valence-corrected chi connectivity index (χ1v) is 6.10. The Labute approximate surface area is 103 Å². The Hall–Kier alpha value is -1.57. The molecule has 2 atom stereocenters. The van der Waals surface area contributed by atoms with Gasteiger partial charge in [-0.15, -0.1) is 6.58 Å². The van der Waals surface area contributed by atoms with Crippen molar-refractivity contribution in [2.45, 2.75) is 26.3 Å². The van der Waals surface area contributed by atoms with Crippen LogP contribution in [-0.2, 0) is 4.79 Å². The molecule has 2 unspecified atom stereocenters. The van der Waals surface area contributed by atoms with Crippen molar-refractivity contribution >= 4 is 5.91 Å². The molecule has 1 saturated heterocycles. The highest BCUT2D eigenvalue weighted by atomic mass is 16.2. The van der Waals surface area contributed by atoms with Crippen molar-refractivity contribution < 1.29 is 4.79 Å². The minimum absolute atomic E-state index is 0.160. The topological polar surface area (TPSA) is 20.3 Å². The van der Waals surface area contributed by atoms with E-state index < -0.39 is 0 Å². The van der Waals surface area contributed by atoms with E-state index in [1.165, 1.54) is 11.1 Å². The molecule has 0 N–H and O–H groups in total. The molecule has 0 bridgehead atoms. The summed E-state index contributed by atoms with van der Waals surface area (Å²) in [5, 5.41) is 0. The lowest BCUT2D eigenvalue weighted by Gasteiger charge is -2.25. The van der Waals surface area contributed by atoms with Crippen molar-refractivity contribution in [3.8, 4) is 0 Å². The van der Waals surface area contributed by atoms with Crippen LogP contribution in [0.15, 0.2) is 36.9 Å². The molecule has 1 aliphatic heterocycles. The van der Waals surface area contributed by atoms with Crippen LogP contribution >= 0.6 is 0 Å². The average Bonchev–Trinajstić information content (AvgIpc) is 2.71. The van der Waals surface area contributed by atoms with Crippen LogP contribution < -0.4 is 0 Å². The van der Waals surface area contributed by atoms with Gasteiger partial charge in [0, 0.05) is 18.9 Å². The van der Waals surface area contributed by atoms with Gasteiger partial charge < -0.3 is 4.90 Å². The Morgan fingerprint density at radius 1 is 1.41 bits per heavy atom. The smallest absolute Gasteiger partial charge is 0.223 e. The van der Waals surface area contributed by atoms with Crippen molar-refractivity contribution in [2.75, 3.05) is 6.54 Å². The SMILES string of the molecule is C=CC1CC(=O)N(C(C)c2ccc(C)cc2)C1. The minimum atomic E-state index is 0.160. The fourth-order valence-corrected chi connectivity index (χ4v) is 2.32. The van der Waals surface area contributed by atoms with Gasteiger partial charge in [0.1, 0.15) is 0 Å². The minimum Gasteiger partial charge on any atom is -0.335 e. The molecule has 17 heavy (non-hydrogen) atoms. The van der Waals surface area contributed by atoms with E-state index in [4.69, 9.17) is 0 Å². The summed E-state index contributed by atoms with van der Waals surface area (Å²) in [5.74, 6) is 0.554. The van der Waals surface area contributed by atoms with Gasteiger partial charge in [0.15, 0.2) is 0 Å². The fraction of sp³-hybridized carbons (Fsp3) is 0.400. The van der Waals surface area contributed by atoms with E-state index in [-0.39, 0.29) is 11.9 Å². The van der Waals surface area contributed by atoms with Crippen LogP contribution in [0.25, 0.3) is 0 Å². The molecule has 1 heterocycles. The van der Waals surface area contributed by atoms with Crippen LogP contribution in [0.1, 0.15) is 30.5 Å². The maximum Gasteiger partial charge on any atom is 0.223 e. The first-order chi connectivity index (χ1) is 8.11. The molecule has 0 radical (unpaired) electrons. The highest BCUT2D eigenvalue weighted by Gasteiger charge is 2.31. The molecule has 1 aromatic rings. The van der Waals surface area contributed by atoms with Gasteiger partial charge >= 0.3 is 0 Å². The lowest BCUT2D eigenvalue weighted by atomic mass is 10.1. The Kier molecular flexibility index (Phi) is 3.32. The normalized spacial score (nSPS) is 21.6. The van der Waals surface area contributed by atoms with Gasteiger partial charge in [-0.2, -0.15) is 0 Å². The molecule has 1 amide bonds. The zero-order chi connectivity index (χ0) is 12.4. The van der Waals surface area contributed by atoms with Crippen molar-refractivity contribution in [1.29, 1.82) is 0 Å². The van der Waals surface area contributed by atoms with E-state index in [2.05, 4.69) is 44.7 Å². The van der Waals surface area contributed by atoms with Crippen LogP contribution in [0, 0.1) is 12.8 Å². The molecule has 2 rings (SSSR count). The van der Waals surface area contributed by atoms with Crippen molar-refractivity contribution in [3.05, 3.63) is 48.0 Å². The molecule has 2 nitrogen and oxygen atoms in total. The summed E-state index contributed by atoms with van der Waals surface area (Å²) in [6, 6.07) is 8.56. The second-order valence-electron chi connectivity index (χ2n) is 4.83.